The molecule has 0 aliphatic carbocycles. The average molecular weight is 356 g/mol. The number of carbonyl (C=O) groups excluding carboxylic acids is 1. The number of nitrogens with zero attached hydrogens (tertiary/aromatic N) is 2. The standard InChI is InChI=1S/C22H20N4O/c1-2-24-22(27)16-6-3-5-15(9-16)10-19-14-26-21-20(19)11-18(13-25-21)17-7-4-8-23-12-17/h3-9,11-14H,2,10H2,1H3,(H,24,27)(H,25,26). The molecule has 5 nitrogen and oxygen atoms in total. The number of amides is 1. The van der Waals surface area contributed by atoms with Crippen molar-refractivity contribution in [3.8, 4) is 11.1 Å². The van der Waals surface area contributed by atoms with Crippen molar-refractivity contribution in [2.75, 3.05) is 6.54 Å². The minimum atomic E-state index is -0.0428. The molecule has 2 N–H and O–H groups in total. The molecule has 0 unspecified atom stereocenters. The first-order valence-electron chi connectivity index (χ1n) is 8.98. The molecule has 0 atom stereocenters. The number of hydrogen-bond donors (Lipinski definition) is 2. The van der Waals surface area contributed by atoms with Gasteiger partial charge in [-0.1, -0.05) is 18.2 Å². The van der Waals surface area contributed by atoms with Gasteiger partial charge in [-0.25, -0.2) is 4.98 Å². The zero-order chi connectivity index (χ0) is 18.6. The normalized spacial score (nSPS) is 10.9. The number of aromatic amines is 1. The van der Waals surface area contributed by atoms with Gasteiger partial charge in [-0.3, -0.25) is 9.78 Å². The first-order chi connectivity index (χ1) is 13.2. The van der Waals surface area contributed by atoms with Gasteiger partial charge in [0.1, 0.15) is 5.65 Å². The quantitative estimate of drug-likeness (QED) is 0.568. The van der Waals surface area contributed by atoms with Gasteiger partial charge in [0.15, 0.2) is 0 Å². The molecule has 3 heterocycles. The van der Waals surface area contributed by atoms with Crippen molar-refractivity contribution in [3.63, 3.8) is 0 Å². The summed E-state index contributed by atoms with van der Waals surface area (Å²) in [6.45, 7) is 2.54. The van der Waals surface area contributed by atoms with Gasteiger partial charge in [-0.15, -0.1) is 0 Å². The molecule has 0 aliphatic heterocycles. The van der Waals surface area contributed by atoms with E-state index in [9.17, 15) is 4.79 Å². The molecule has 0 fully saturated rings. The molecule has 134 valence electrons. The minimum absolute atomic E-state index is 0.0428. The number of hydrogen-bond acceptors (Lipinski definition) is 3. The van der Waals surface area contributed by atoms with Crippen molar-refractivity contribution in [2.45, 2.75) is 13.3 Å². The van der Waals surface area contributed by atoms with E-state index in [0.29, 0.717) is 12.1 Å². The highest BCUT2D eigenvalue weighted by molar-refractivity contribution is 5.94. The Morgan fingerprint density at radius 3 is 2.85 bits per heavy atom. The largest absolute Gasteiger partial charge is 0.352 e. The highest BCUT2D eigenvalue weighted by Gasteiger charge is 2.10. The predicted octanol–water partition coefficient (Wildman–Crippen LogP) is 3.97. The molecule has 0 bridgehead atoms. The topological polar surface area (TPSA) is 70.7 Å². The molecule has 0 saturated heterocycles. The highest BCUT2D eigenvalue weighted by atomic mass is 16.1. The monoisotopic (exact) mass is 356 g/mol. The molecule has 0 aliphatic rings. The van der Waals surface area contributed by atoms with Gasteiger partial charge in [0, 0.05) is 53.4 Å². The third-order valence-corrected chi connectivity index (χ3v) is 4.53. The van der Waals surface area contributed by atoms with Crippen molar-refractivity contribution >= 4 is 16.9 Å². The smallest absolute Gasteiger partial charge is 0.251 e. The Bertz CT molecular complexity index is 1090. The Hall–Kier alpha value is -3.47. The van der Waals surface area contributed by atoms with Gasteiger partial charge in [0.05, 0.1) is 0 Å². The Morgan fingerprint density at radius 2 is 2.04 bits per heavy atom. The van der Waals surface area contributed by atoms with E-state index in [1.165, 1.54) is 0 Å². The van der Waals surface area contributed by atoms with Crippen LogP contribution in [-0.4, -0.2) is 27.4 Å². The van der Waals surface area contributed by atoms with Gasteiger partial charge < -0.3 is 10.3 Å². The van der Waals surface area contributed by atoms with Crippen LogP contribution in [0.3, 0.4) is 0 Å². The summed E-state index contributed by atoms with van der Waals surface area (Å²) in [7, 11) is 0. The third-order valence-electron chi connectivity index (χ3n) is 4.53. The average Bonchev–Trinajstić information content (AvgIpc) is 3.11. The number of carbonyl (C=O) groups is 1. The third kappa shape index (κ3) is 3.58. The van der Waals surface area contributed by atoms with Gasteiger partial charge in [-0.05, 0) is 48.7 Å². The van der Waals surface area contributed by atoms with Crippen LogP contribution in [0.15, 0.2) is 67.3 Å². The molecule has 27 heavy (non-hydrogen) atoms. The van der Waals surface area contributed by atoms with Gasteiger partial charge in [0.25, 0.3) is 5.91 Å². The van der Waals surface area contributed by atoms with Crippen LogP contribution in [0, 0.1) is 0 Å². The predicted molar refractivity (Wildman–Crippen MR) is 107 cm³/mol. The summed E-state index contributed by atoms with van der Waals surface area (Å²) in [6, 6.07) is 13.8. The van der Waals surface area contributed by atoms with Crippen LogP contribution in [0.25, 0.3) is 22.2 Å². The summed E-state index contributed by atoms with van der Waals surface area (Å²) in [4.78, 5) is 24.0. The number of nitrogens with one attached hydrogen (secondary N) is 2. The Labute approximate surface area is 157 Å². The molecule has 1 aromatic carbocycles. The molecule has 4 rings (SSSR count). The fourth-order valence-electron chi connectivity index (χ4n) is 3.20. The summed E-state index contributed by atoms with van der Waals surface area (Å²) in [5.41, 5.74) is 5.86. The van der Waals surface area contributed by atoms with Crippen LogP contribution in [0.4, 0.5) is 0 Å². The van der Waals surface area contributed by atoms with Gasteiger partial charge in [-0.2, -0.15) is 0 Å². The first kappa shape index (κ1) is 17.0. The second-order valence-electron chi connectivity index (χ2n) is 6.41. The fourth-order valence-corrected chi connectivity index (χ4v) is 3.20. The van der Waals surface area contributed by atoms with E-state index in [0.717, 1.165) is 39.7 Å². The Kier molecular flexibility index (Phi) is 4.66. The molecule has 4 aromatic rings. The van der Waals surface area contributed by atoms with E-state index in [1.54, 1.807) is 6.20 Å². The second-order valence-corrected chi connectivity index (χ2v) is 6.41. The Balaban J connectivity index is 1.66. The lowest BCUT2D eigenvalue weighted by molar-refractivity contribution is 0.0955. The number of fused-ring (bicyclic) bond motifs is 1. The van der Waals surface area contributed by atoms with E-state index in [2.05, 4.69) is 26.3 Å². The van der Waals surface area contributed by atoms with Crippen molar-refractivity contribution in [1.82, 2.24) is 20.3 Å². The van der Waals surface area contributed by atoms with Crippen LogP contribution in [0.2, 0.25) is 0 Å². The summed E-state index contributed by atoms with van der Waals surface area (Å²) in [5, 5.41) is 3.93. The summed E-state index contributed by atoms with van der Waals surface area (Å²) in [5.74, 6) is -0.0428. The van der Waals surface area contributed by atoms with E-state index in [1.807, 2.05) is 61.9 Å². The van der Waals surface area contributed by atoms with E-state index < -0.39 is 0 Å². The number of rotatable bonds is 5. The lowest BCUT2D eigenvalue weighted by Crippen LogP contribution is -2.22. The summed E-state index contributed by atoms with van der Waals surface area (Å²) < 4.78 is 0. The van der Waals surface area contributed by atoms with Gasteiger partial charge in [0.2, 0.25) is 0 Å². The van der Waals surface area contributed by atoms with Crippen molar-refractivity contribution in [3.05, 3.63) is 83.9 Å². The highest BCUT2D eigenvalue weighted by Crippen LogP contribution is 2.25. The maximum Gasteiger partial charge on any atom is 0.251 e. The Morgan fingerprint density at radius 1 is 1.11 bits per heavy atom. The fraction of sp³-hybridized carbons (Fsp3) is 0.136. The molecule has 0 radical (unpaired) electrons. The molecule has 1 amide bonds. The van der Waals surface area contributed by atoms with Crippen LogP contribution in [-0.2, 0) is 6.42 Å². The van der Waals surface area contributed by atoms with Crippen molar-refractivity contribution in [2.24, 2.45) is 0 Å². The first-order valence-corrected chi connectivity index (χ1v) is 8.98. The lowest BCUT2D eigenvalue weighted by atomic mass is 10.0. The SMILES string of the molecule is CCNC(=O)c1cccc(Cc2c[nH]c3ncc(-c4cccnc4)cc23)c1. The van der Waals surface area contributed by atoms with Crippen molar-refractivity contribution in [1.29, 1.82) is 0 Å². The summed E-state index contributed by atoms with van der Waals surface area (Å²) in [6.07, 6.45) is 8.17. The number of pyridine rings is 2. The number of H-pyrrole nitrogens is 1. The molecule has 3 aromatic heterocycles. The van der Waals surface area contributed by atoms with E-state index in [-0.39, 0.29) is 5.91 Å². The molecule has 0 spiro atoms. The van der Waals surface area contributed by atoms with E-state index in [4.69, 9.17) is 0 Å². The van der Waals surface area contributed by atoms with Crippen LogP contribution in [0.1, 0.15) is 28.4 Å². The minimum Gasteiger partial charge on any atom is -0.352 e. The maximum atomic E-state index is 12.1. The van der Waals surface area contributed by atoms with Crippen LogP contribution in [0.5, 0.6) is 0 Å². The second kappa shape index (κ2) is 7.41. The molecule has 5 heteroatoms. The summed E-state index contributed by atoms with van der Waals surface area (Å²) >= 11 is 0. The number of aromatic nitrogens is 3. The van der Waals surface area contributed by atoms with E-state index >= 15 is 0 Å². The van der Waals surface area contributed by atoms with Gasteiger partial charge >= 0.3 is 0 Å². The zero-order valence-electron chi connectivity index (χ0n) is 15.1. The van der Waals surface area contributed by atoms with Crippen LogP contribution >= 0.6 is 0 Å². The number of benzene rings is 1. The lowest BCUT2D eigenvalue weighted by Gasteiger charge is -2.06. The maximum absolute atomic E-state index is 12.1. The zero-order valence-corrected chi connectivity index (χ0v) is 15.1. The molecular formula is C22H20N4O. The molecular weight excluding hydrogens is 336 g/mol. The van der Waals surface area contributed by atoms with Crippen LogP contribution < -0.4 is 5.32 Å². The molecule has 0 saturated carbocycles. The van der Waals surface area contributed by atoms with Crippen molar-refractivity contribution < 1.29 is 4.79 Å².